The molecule has 1 aliphatic rings. The largest absolute Gasteiger partial charge is 0.435 e. The van der Waals surface area contributed by atoms with Crippen molar-refractivity contribution in [3.05, 3.63) is 53.1 Å². The van der Waals surface area contributed by atoms with Crippen LogP contribution in [0.15, 0.2) is 30.3 Å². The third kappa shape index (κ3) is 4.89. The van der Waals surface area contributed by atoms with E-state index in [1.165, 1.54) is 17.7 Å². The van der Waals surface area contributed by atoms with Crippen LogP contribution >= 0.6 is 0 Å². The van der Waals surface area contributed by atoms with E-state index in [-0.39, 0.29) is 24.7 Å². The average molecular weight is 398 g/mol. The minimum Gasteiger partial charge on any atom is -0.340 e. The number of carbonyl (C=O) groups excluding carboxylic acids is 1. The van der Waals surface area contributed by atoms with Crippen LogP contribution < -0.4 is 0 Å². The number of carbonyl (C=O) groups is 1. The molecule has 0 bridgehead atoms. The summed E-state index contributed by atoms with van der Waals surface area (Å²) in [5.74, 6) is -0.358. The fourth-order valence-corrected chi connectivity index (χ4v) is 3.26. The van der Waals surface area contributed by atoms with Gasteiger partial charge in [0.25, 0.3) is 0 Å². The van der Waals surface area contributed by atoms with E-state index in [2.05, 4.69) is 10.00 Å². The maximum atomic E-state index is 13.7. The van der Waals surface area contributed by atoms with E-state index in [9.17, 15) is 22.4 Å². The molecule has 0 radical (unpaired) electrons. The summed E-state index contributed by atoms with van der Waals surface area (Å²) < 4.78 is 53.1. The van der Waals surface area contributed by atoms with E-state index < -0.39 is 11.9 Å². The zero-order chi connectivity index (χ0) is 20.3. The molecule has 3 rings (SSSR count). The molecular formula is C19H22F4N4O. The van der Waals surface area contributed by atoms with Crippen LogP contribution in [0, 0.1) is 12.7 Å². The van der Waals surface area contributed by atoms with Crippen molar-refractivity contribution in [2.45, 2.75) is 32.6 Å². The number of alkyl halides is 3. The predicted molar refractivity (Wildman–Crippen MR) is 94.8 cm³/mol. The highest BCUT2D eigenvalue weighted by molar-refractivity contribution is 5.76. The van der Waals surface area contributed by atoms with E-state index >= 15 is 0 Å². The monoisotopic (exact) mass is 398 g/mol. The second kappa shape index (κ2) is 8.30. The lowest BCUT2D eigenvalue weighted by molar-refractivity contribution is -0.141. The van der Waals surface area contributed by atoms with Crippen LogP contribution in [0.4, 0.5) is 17.6 Å². The van der Waals surface area contributed by atoms with Crippen molar-refractivity contribution < 1.29 is 22.4 Å². The average Bonchev–Trinajstić information content (AvgIpc) is 3.03. The highest BCUT2D eigenvalue weighted by Crippen LogP contribution is 2.28. The Hall–Kier alpha value is -2.42. The number of halogens is 4. The minimum atomic E-state index is -4.49. The SMILES string of the molecule is Cc1cc(C(F)(F)F)nn1CCC(=O)N1CCN(Cc2ccccc2F)CC1. The topological polar surface area (TPSA) is 41.4 Å². The van der Waals surface area contributed by atoms with Crippen molar-refractivity contribution in [1.29, 1.82) is 0 Å². The van der Waals surface area contributed by atoms with Crippen LogP contribution in [0.5, 0.6) is 0 Å². The van der Waals surface area contributed by atoms with Crippen LogP contribution in [0.2, 0.25) is 0 Å². The lowest BCUT2D eigenvalue weighted by Gasteiger charge is -2.34. The Morgan fingerprint density at radius 1 is 1.14 bits per heavy atom. The van der Waals surface area contributed by atoms with Crippen molar-refractivity contribution in [2.75, 3.05) is 26.2 Å². The maximum absolute atomic E-state index is 13.7. The lowest BCUT2D eigenvalue weighted by atomic mass is 10.2. The van der Waals surface area contributed by atoms with E-state index in [4.69, 9.17) is 0 Å². The van der Waals surface area contributed by atoms with Gasteiger partial charge in [0, 0.05) is 56.9 Å². The first kappa shape index (κ1) is 20.3. The third-order valence-corrected chi connectivity index (χ3v) is 4.89. The molecule has 1 saturated heterocycles. The van der Waals surface area contributed by atoms with Gasteiger partial charge in [-0.15, -0.1) is 0 Å². The molecule has 28 heavy (non-hydrogen) atoms. The third-order valence-electron chi connectivity index (χ3n) is 4.89. The number of nitrogens with zero attached hydrogens (tertiary/aromatic N) is 4. The smallest absolute Gasteiger partial charge is 0.340 e. The van der Waals surface area contributed by atoms with Crippen molar-refractivity contribution in [1.82, 2.24) is 19.6 Å². The van der Waals surface area contributed by atoms with Gasteiger partial charge in [0.1, 0.15) is 5.82 Å². The summed E-state index contributed by atoms with van der Waals surface area (Å²) in [4.78, 5) is 16.2. The van der Waals surface area contributed by atoms with Gasteiger partial charge in [0.2, 0.25) is 5.91 Å². The molecule has 152 valence electrons. The molecular weight excluding hydrogens is 376 g/mol. The van der Waals surface area contributed by atoms with Gasteiger partial charge in [-0.25, -0.2) is 4.39 Å². The Bertz CT molecular complexity index is 826. The standard InChI is InChI=1S/C19H22F4N4O/c1-14-12-17(19(21,22)23)24-27(14)7-6-18(28)26-10-8-25(9-11-26)13-15-4-2-3-5-16(15)20/h2-5,12H,6-11,13H2,1H3. The lowest BCUT2D eigenvalue weighted by Crippen LogP contribution is -2.48. The summed E-state index contributed by atoms with van der Waals surface area (Å²) >= 11 is 0. The molecule has 0 unspecified atom stereocenters. The van der Waals surface area contributed by atoms with Gasteiger partial charge in [0.05, 0.1) is 0 Å². The van der Waals surface area contributed by atoms with Crippen molar-refractivity contribution >= 4 is 5.91 Å². The van der Waals surface area contributed by atoms with Gasteiger partial charge >= 0.3 is 6.18 Å². The first-order valence-corrected chi connectivity index (χ1v) is 9.09. The second-order valence-electron chi connectivity index (χ2n) is 6.89. The van der Waals surface area contributed by atoms with Crippen LogP contribution in [0.25, 0.3) is 0 Å². The number of aromatic nitrogens is 2. The maximum Gasteiger partial charge on any atom is 0.435 e. The van der Waals surface area contributed by atoms with Crippen LogP contribution in [0.1, 0.15) is 23.4 Å². The summed E-state index contributed by atoms with van der Waals surface area (Å²) in [6.07, 6.45) is -4.40. The quantitative estimate of drug-likeness (QED) is 0.727. The normalized spacial score (nSPS) is 15.8. The zero-order valence-electron chi connectivity index (χ0n) is 15.5. The van der Waals surface area contributed by atoms with Crippen LogP contribution in [0.3, 0.4) is 0 Å². The first-order valence-electron chi connectivity index (χ1n) is 9.09. The van der Waals surface area contributed by atoms with Gasteiger partial charge in [-0.05, 0) is 19.1 Å². The highest BCUT2D eigenvalue weighted by Gasteiger charge is 2.34. The molecule has 0 aliphatic carbocycles. The summed E-state index contributed by atoms with van der Waals surface area (Å²) in [5.41, 5.74) is 0.0472. The Morgan fingerprint density at radius 3 is 2.43 bits per heavy atom. The van der Waals surface area contributed by atoms with E-state index in [0.29, 0.717) is 44.0 Å². The number of piperazine rings is 1. The molecule has 0 spiro atoms. The van der Waals surface area contributed by atoms with E-state index in [1.807, 2.05) is 0 Å². The van der Waals surface area contributed by atoms with Crippen LogP contribution in [-0.2, 0) is 24.1 Å². The second-order valence-corrected chi connectivity index (χ2v) is 6.89. The predicted octanol–water partition coefficient (Wildman–Crippen LogP) is 3.08. The molecule has 0 saturated carbocycles. The molecule has 1 fully saturated rings. The summed E-state index contributed by atoms with van der Waals surface area (Å²) in [7, 11) is 0. The molecule has 5 nitrogen and oxygen atoms in total. The molecule has 0 N–H and O–H groups in total. The molecule has 1 aliphatic heterocycles. The van der Waals surface area contributed by atoms with Gasteiger partial charge in [-0.1, -0.05) is 18.2 Å². The summed E-state index contributed by atoms with van der Waals surface area (Å²) in [5, 5.41) is 3.54. The van der Waals surface area contributed by atoms with Crippen LogP contribution in [-0.4, -0.2) is 51.7 Å². The van der Waals surface area contributed by atoms with Gasteiger partial charge in [0.15, 0.2) is 5.69 Å². The van der Waals surface area contributed by atoms with Gasteiger partial charge in [-0.2, -0.15) is 18.3 Å². The molecule has 1 aromatic carbocycles. The minimum absolute atomic E-state index is 0.0904. The Labute approximate surface area is 160 Å². The Kier molecular flexibility index (Phi) is 6.02. The van der Waals surface area contributed by atoms with Crippen molar-refractivity contribution in [3.63, 3.8) is 0 Å². The zero-order valence-corrected chi connectivity index (χ0v) is 15.5. The molecule has 1 aromatic heterocycles. The van der Waals surface area contributed by atoms with Crippen molar-refractivity contribution in [3.8, 4) is 0 Å². The fraction of sp³-hybridized carbons (Fsp3) is 0.474. The Morgan fingerprint density at radius 2 is 1.82 bits per heavy atom. The number of hydrogen-bond donors (Lipinski definition) is 0. The number of rotatable bonds is 5. The van der Waals surface area contributed by atoms with E-state index in [0.717, 1.165) is 6.07 Å². The molecule has 0 atom stereocenters. The van der Waals surface area contributed by atoms with Gasteiger partial charge in [-0.3, -0.25) is 14.4 Å². The molecule has 2 heterocycles. The number of amides is 1. The first-order chi connectivity index (χ1) is 13.2. The van der Waals surface area contributed by atoms with Gasteiger partial charge < -0.3 is 4.90 Å². The molecule has 1 amide bonds. The Balaban J connectivity index is 1.48. The van der Waals surface area contributed by atoms with Crippen molar-refractivity contribution in [2.24, 2.45) is 0 Å². The number of hydrogen-bond acceptors (Lipinski definition) is 3. The molecule has 2 aromatic rings. The fourth-order valence-electron chi connectivity index (χ4n) is 3.26. The number of aryl methyl sites for hydroxylation is 2. The molecule has 9 heteroatoms. The van der Waals surface area contributed by atoms with E-state index in [1.54, 1.807) is 23.1 Å². The summed E-state index contributed by atoms with van der Waals surface area (Å²) in [6, 6.07) is 7.59. The summed E-state index contributed by atoms with van der Waals surface area (Å²) in [6.45, 7) is 4.41. The highest BCUT2D eigenvalue weighted by atomic mass is 19.4. The number of benzene rings is 1.